The summed E-state index contributed by atoms with van der Waals surface area (Å²) in [5.74, 6) is 0.682. The van der Waals surface area contributed by atoms with E-state index in [1.807, 2.05) is 9.12 Å². The molecule has 0 aromatic heterocycles. The lowest BCUT2D eigenvalue weighted by atomic mass is 10.2. The zero-order valence-corrected chi connectivity index (χ0v) is 9.12. The van der Waals surface area contributed by atoms with Gasteiger partial charge in [0.1, 0.15) is 0 Å². The van der Waals surface area contributed by atoms with Crippen molar-refractivity contribution in [2.24, 2.45) is 5.92 Å². The van der Waals surface area contributed by atoms with Crippen LogP contribution in [0.5, 0.6) is 0 Å². The van der Waals surface area contributed by atoms with E-state index in [9.17, 15) is 0 Å². The van der Waals surface area contributed by atoms with Crippen molar-refractivity contribution < 1.29 is 4.74 Å². The van der Waals surface area contributed by atoms with Crippen molar-refractivity contribution >= 4 is 16.7 Å². The van der Waals surface area contributed by atoms with Gasteiger partial charge in [-0.3, -0.25) is 0 Å². The molecule has 0 bridgehead atoms. The number of unbranched alkanes of at least 4 members (excludes halogenated alkanes) is 1. The minimum absolute atomic E-state index is 0.682. The Morgan fingerprint density at radius 1 is 1.36 bits per heavy atom. The number of ether oxygens (including phenoxy) is 1. The van der Waals surface area contributed by atoms with Crippen LogP contribution in [0.4, 0.5) is 0 Å². The topological polar surface area (TPSA) is 9.23 Å². The van der Waals surface area contributed by atoms with Crippen LogP contribution in [-0.2, 0) is 4.74 Å². The third-order valence-electron chi connectivity index (χ3n) is 1.09. The molecule has 0 amide bonds. The largest absolute Gasteiger partial charge is 0.381 e. The fourth-order valence-corrected chi connectivity index (χ4v) is 0.565. The molecule has 0 aliphatic rings. The van der Waals surface area contributed by atoms with E-state index < -0.39 is 0 Å². The van der Waals surface area contributed by atoms with Crippen molar-refractivity contribution in [1.82, 2.24) is 0 Å². The van der Waals surface area contributed by atoms with Crippen molar-refractivity contribution in [2.75, 3.05) is 13.2 Å². The van der Waals surface area contributed by atoms with Crippen molar-refractivity contribution in [2.45, 2.75) is 33.6 Å². The summed E-state index contributed by atoms with van der Waals surface area (Å²) in [5, 5.41) is 0. The first-order valence-electron chi connectivity index (χ1n) is 4.18. The number of hydrogen-bond donors (Lipinski definition) is 0. The summed E-state index contributed by atoms with van der Waals surface area (Å²) < 4.78 is 5.34. The minimum atomic E-state index is 0.682. The molecule has 0 saturated heterocycles. The summed E-state index contributed by atoms with van der Waals surface area (Å²) in [4.78, 5) is 0. The predicted octanol–water partition coefficient (Wildman–Crippen LogP) is 2.40. The summed E-state index contributed by atoms with van der Waals surface area (Å²) in [5.41, 5.74) is 0. The first kappa shape index (κ1) is 14.0. The maximum absolute atomic E-state index is 5.34. The molecule has 0 N–H and O–H groups in total. The summed E-state index contributed by atoms with van der Waals surface area (Å²) in [6.45, 7) is 8.38. The molecule has 0 fully saturated rings. The van der Waals surface area contributed by atoms with E-state index in [0.29, 0.717) is 5.92 Å². The Morgan fingerprint density at radius 3 is 2.27 bits per heavy atom. The Kier molecular flexibility index (Phi) is 16.6. The van der Waals surface area contributed by atoms with Gasteiger partial charge in [0, 0.05) is 13.2 Å². The first-order chi connectivity index (χ1) is 5.27. The van der Waals surface area contributed by atoms with Gasteiger partial charge in [-0.15, -0.1) is 0 Å². The van der Waals surface area contributed by atoms with Gasteiger partial charge in [0.15, 0.2) is 0 Å². The molecule has 0 aromatic carbocycles. The van der Waals surface area contributed by atoms with Crippen LogP contribution in [0.15, 0.2) is 0 Å². The Morgan fingerprint density at radius 2 is 1.91 bits per heavy atom. The third-order valence-corrected chi connectivity index (χ3v) is 1.09. The number of hydrogen-bond acceptors (Lipinski definition) is 1. The van der Waals surface area contributed by atoms with Crippen molar-refractivity contribution in [3.63, 3.8) is 0 Å². The van der Waals surface area contributed by atoms with Gasteiger partial charge < -0.3 is 4.74 Å². The van der Waals surface area contributed by atoms with E-state index in [4.69, 9.17) is 4.74 Å². The molecule has 1 nitrogen and oxygen atoms in total. The van der Waals surface area contributed by atoms with Crippen LogP contribution in [0.1, 0.15) is 33.6 Å². The second-order valence-electron chi connectivity index (χ2n) is 2.82. The van der Waals surface area contributed by atoms with E-state index in [-0.39, 0.29) is 0 Å². The Labute approximate surface area is 74.9 Å². The quantitative estimate of drug-likeness (QED) is 0.353. The highest BCUT2D eigenvalue weighted by Gasteiger charge is 1.91. The average Bonchev–Trinajstić information content (AvgIpc) is 2.02. The van der Waals surface area contributed by atoms with Crippen molar-refractivity contribution in [1.29, 1.82) is 0 Å². The molecule has 0 aliphatic carbocycles. The third kappa shape index (κ3) is 17.9. The maximum Gasteiger partial charge on any atom is 0.0996 e. The Balaban J connectivity index is 0. The van der Waals surface area contributed by atoms with E-state index in [1.54, 1.807) is 0 Å². The molecule has 0 heterocycles. The van der Waals surface area contributed by atoms with E-state index >= 15 is 0 Å². The van der Waals surface area contributed by atoms with Gasteiger partial charge in [-0.05, 0) is 12.3 Å². The monoisotopic (exact) mass is 174 g/mol. The minimum Gasteiger partial charge on any atom is -0.381 e. The molecule has 11 heavy (non-hydrogen) atoms. The highest BCUT2D eigenvalue weighted by molar-refractivity contribution is 7.49. The van der Waals surface area contributed by atoms with Gasteiger partial charge in [-0.2, -0.15) is 9.12 Å². The molecule has 0 aromatic rings. The van der Waals surface area contributed by atoms with Gasteiger partial charge in [0.05, 0.1) is 7.57 Å². The molecule has 1 unspecified atom stereocenters. The molecule has 0 rings (SSSR count). The van der Waals surface area contributed by atoms with Gasteiger partial charge in [-0.25, -0.2) is 0 Å². The zero-order valence-electron chi connectivity index (χ0n) is 7.97. The fourth-order valence-electron chi connectivity index (χ4n) is 0.565. The smallest absolute Gasteiger partial charge is 0.0996 e. The van der Waals surface area contributed by atoms with Crippen LogP contribution < -0.4 is 0 Å². The first-order valence-corrected chi connectivity index (χ1v) is 4.85. The molecule has 0 spiro atoms. The van der Waals surface area contributed by atoms with Crippen LogP contribution in [0.3, 0.4) is 0 Å². The second-order valence-corrected chi connectivity index (χ2v) is 2.82. The number of rotatable bonds is 5. The Bertz CT molecular complexity index is 60.1. The molecule has 3 heteroatoms. The summed E-state index contributed by atoms with van der Waals surface area (Å²) in [7, 11) is 6.33. The maximum atomic E-state index is 5.34. The van der Waals surface area contributed by atoms with E-state index in [1.165, 1.54) is 12.8 Å². The van der Waals surface area contributed by atoms with Gasteiger partial charge in [-0.1, -0.05) is 27.2 Å². The molecular formula is C8H20BOP. The van der Waals surface area contributed by atoms with Crippen LogP contribution in [0, 0.1) is 5.92 Å². The van der Waals surface area contributed by atoms with Crippen molar-refractivity contribution in [3.8, 4) is 0 Å². The van der Waals surface area contributed by atoms with E-state index in [0.717, 1.165) is 13.2 Å². The van der Waals surface area contributed by atoms with Gasteiger partial charge in [0.25, 0.3) is 0 Å². The molecule has 66 valence electrons. The molecule has 0 saturated carbocycles. The van der Waals surface area contributed by atoms with Crippen LogP contribution in [0.2, 0.25) is 0 Å². The van der Waals surface area contributed by atoms with Gasteiger partial charge >= 0.3 is 0 Å². The van der Waals surface area contributed by atoms with Crippen LogP contribution >= 0.6 is 9.12 Å². The van der Waals surface area contributed by atoms with Gasteiger partial charge in [0.2, 0.25) is 0 Å². The fraction of sp³-hybridized carbons (Fsp3) is 1.00. The lowest BCUT2D eigenvalue weighted by molar-refractivity contribution is 0.107. The second kappa shape index (κ2) is 13.1. The van der Waals surface area contributed by atoms with Crippen LogP contribution in [-0.4, -0.2) is 20.8 Å². The standard InChI is InChI=1S/C8H18O.BH2P/c1-4-5-6-9-7-8(2)3;1-2/h8H,4-7H2,1-3H3;2H2. The summed E-state index contributed by atoms with van der Waals surface area (Å²) >= 11 is 0. The highest BCUT2D eigenvalue weighted by atomic mass is 31.0. The molecule has 2 radical (unpaired) electrons. The summed E-state index contributed by atoms with van der Waals surface area (Å²) in [6.07, 6.45) is 2.44. The van der Waals surface area contributed by atoms with Crippen molar-refractivity contribution in [3.05, 3.63) is 0 Å². The molecular weight excluding hydrogens is 154 g/mol. The average molecular weight is 174 g/mol. The summed E-state index contributed by atoms with van der Waals surface area (Å²) in [6, 6.07) is 0. The van der Waals surface area contributed by atoms with E-state index in [2.05, 4.69) is 28.3 Å². The molecule has 1 atom stereocenters. The molecule has 0 aliphatic heterocycles. The lowest BCUT2D eigenvalue weighted by Gasteiger charge is -2.04. The highest BCUT2D eigenvalue weighted by Crippen LogP contribution is 1.94. The SMILES string of the molecule is CCCCOCC(C)C.[B]P. The van der Waals surface area contributed by atoms with Crippen LogP contribution in [0.25, 0.3) is 0 Å². The zero-order chi connectivity index (χ0) is 9.11. The Hall–Kier alpha value is 0.455. The normalized spacial score (nSPS) is 9.18. The predicted molar refractivity (Wildman–Crippen MR) is 56.0 cm³/mol. The lowest BCUT2D eigenvalue weighted by Crippen LogP contribution is -2.02.